The zero-order valence-electron chi connectivity index (χ0n) is 18.0. The summed E-state index contributed by atoms with van der Waals surface area (Å²) in [5.41, 5.74) is 1.44. The van der Waals surface area contributed by atoms with Crippen molar-refractivity contribution < 1.29 is 26.8 Å². The molecule has 1 heterocycles. The monoisotopic (exact) mass is 473 g/mol. The maximum atomic E-state index is 13.0. The molecule has 0 radical (unpaired) electrons. The van der Waals surface area contributed by atoms with E-state index in [4.69, 9.17) is 4.42 Å². The Labute approximate surface area is 191 Å². The van der Waals surface area contributed by atoms with Crippen LogP contribution in [0.15, 0.2) is 76.2 Å². The number of nitrogens with one attached hydrogen (secondary N) is 2. The zero-order valence-corrected chi connectivity index (χ0v) is 18.8. The molecule has 0 unspecified atom stereocenters. The molecule has 2 amide bonds. The van der Waals surface area contributed by atoms with E-state index in [1.165, 1.54) is 25.4 Å². The van der Waals surface area contributed by atoms with Gasteiger partial charge in [-0.05, 0) is 60.5 Å². The first-order valence-corrected chi connectivity index (χ1v) is 11.6. The van der Waals surface area contributed by atoms with Crippen LogP contribution in [0.5, 0.6) is 0 Å². The second-order valence-corrected chi connectivity index (χ2v) is 9.33. The second kappa shape index (κ2) is 10.9. The van der Waals surface area contributed by atoms with Crippen LogP contribution in [0.25, 0.3) is 0 Å². The van der Waals surface area contributed by atoms with Gasteiger partial charge < -0.3 is 15.1 Å². The van der Waals surface area contributed by atoms with Gasteiger partial charge in [-0.15, -0.1) is 0 Å². The summed E-state index contributed by atoms with van der Waals surface area (Å²) in [4.78, 5) is 24.1. The first-order valence-electron chi connectivity index (χ1n) is 10.2. The fraction of sp³-hybridized carbons (Fsp3) is 0.217. The van der Waals surface area contributed by atoms with Crippen LogP contribution in [-0.4, -0.2) is 38.1 Å². The van der Waals surface area contributed by atoms with Crippen LogP contribution < -0.4 is 10.6 Å². The average Bonchev–Trinajstić information content (AvgIpc) is 3.34. The Morgan fingerprint density at radius 3 is 2.36 bits per heavy atom. The Kier molecular flexibility index (Phi) is 7.96. The highest BCUT2D eigenvalue weighted by atomic mass is 32.2. The molecule has 3 aromatic rings. The third-order valence-corrected chi connectivity index (χ3v) is 6.72. The molecule has 33 heavy (non-hydrogen) atoms. The Bertz CT molecular complexity index is 1180. The molecule has 2 N–H and O–H groups in total. The number of hydrogen-bond acceptors (Lipinski definition) is 5. The molecule has 0 saturated heterocycles. The van der Waals surface area contributed by atoms with E-state index < -0.39 is 15.8 Å². The molecular weight excluding hydrogens is 449 g/mol. The van der Waals surface area contributed by atoms with Crippen molar-refractivity contribution >= 4 is 27.5 Å². The van der Waals surface area contributed by atoms with Gasteiger partial charge in [0.25, 0.3) is 5.91 Å². The summed E-state index contributed by atoms with van der Waals surface area (Å²) in [6.45, 7) is 0.451. The van der Waals surface area contributed by atoms with Crippen LogP contribution in [0, 0.1) is 5.82 Å². The first kappa shape index (κ1) is 24.1. The number of carbonyl (C=O) groups excluding carboxylic acids is 2. The largest absolute Gasteiger partial charge is 0.459 e. The molecule has 0 spiro atoms. The summed E-state index contributed by atoms with van der Waals surface area (Å²) < 4.78 is 44.1. The van der Waals surface area contributed by atoms with Crippen molar-refractivity contribution in [3.05, 3.63) is 84.1 Å². The Morgan fingerprint density at radius 1 is 1.03 bits per heavy atom. The van der Waals surface area contributed by atoms with Gasteiger partial charge in [-0.25, -0.2) is 17.1 Å². The summed E-state index contributed by atoms with van der Waals surface area (Å²) in [5.74, 6) is -0.866. The topological polar surface area (TPSA) is 109 Å². The van der Waals surface area contributed by atoms with Crippen LogP contribution in [0.1, 0.15) is 29.0 Å². The van der Waals surface area contributed by atoms with Gasteiger partial charge in [-0.2, -0.15) is 0 Å². The van der Waals surface area contributed by atoms with E-state index in [2.05, 4.69) is 10.6 Å². The summed E-state index contributed by atoms with van der Waals surface area (Å²) in [7, 11) is -2.32. The minimum absolute atomic E-state index is 0.000326. The third kappa shape index (κ3) is 6.74. The smallest absolute Gasteiger partial charge is 0.291 e. The molecule has 3 rings (SSSR count). The van der Waals surface area contributed by atoms with Gasteiger partial charge in [-0.3, -0.25) is 9.59 Å². The lowest BCUT2D eigenvalue weighted by atomic mass is 10.2. The van der Waals surface area contributed by atoms with Gasteiger partial charge in [0.15, 0.2) is 5.76 Å². The lowest BCUT2D eigenvalue weighted by molar-refractivity contribution is -0.121. The van der Waals surface area contributed by atoms with Crippen molar-refractivity contribution in [2.75, 3.05) is 18.9 Å². The number of nitrogens with zero attached hydrogens (tertiary/aromatic N) is 1. The van der Waals surface area contributed by atoms with Crippen molar-refractivity contribution in [1.29, 1.82) is 0 Å². The number of halogens is 1. The predicted octanol–water partition coefficient (Wildman–Crippen LogP) is 3.39. The zero-order chi connectivity index (χ0) is 23.8. The number of sulfonamides is 1. The normalized spacial score (nSPS) is 11.4. The SMILES string of the molecule is CN(CCCC(=O)NCc1ccc(NC(=O)c2ccco2)cc1)S(=O)(=O)c1ccc(F)cc1. The van der Waals surface area contributed by atoms with Crippen LogP contribution in [0.2, 0.25) is 0 Å². The van der Waals surface area contributed by atoms with Gasteiger partial charge in [0.05, 0.1) is 11.2 Å². The van der Waals surface area contributed by atoms with Crippen LogP contribution in [-0.2, 0) is 21.4 Å². The second-order valence-electron chi connectivity index (χ2n) is 7.29. The van der Waals surface area contributed by atoms with E-state index in [1.807, 2.05) is 0 Å². The van der Waals surface area contributed by atoms with Crippen LogP contribution in [0.4, 0.5) is 10.1 Å². The number of furan rings is 1. The van der Waals surface area contributed by atoms with Gasteiger partial charge >= 0.3 is 0 Å². The third-order valence-electron chi connectivity index (χ3n) is 4.85. The summed E-state index contributed by atoms with van der Waals surface area (Å²) in [6, 6.07) is 14.8. The van der Waals surface area contributed by atoms with Gasteiger partial charge in [0, 0.05) is 32.2 Å². The van der Waals surface area contributed by atoms with Gasteiger partial charge in [-0.1, -0.05) is 12.1 Å². The highest BCUT2D eigenvalue weighted by molar-refractivity contribution is 7.89. The molecule has 0 aliphatic carbocycles. The van der Waals surface area contributed by atoms with Crippen molar-refractivity contribution in [2.45, 2.75) is 24.3 Å². The molecule has 10 heteroatoms. The molecule has 0 saturated carbocycles. The van der Waals surface area contributed by atoms with E-state index in [0.29, 0.717) is 18.7 Å². The van der Waals surface area contributed by atoms with E-state index in [9.17, 15) is 22.4 Å². The van der Waals surface area contributed by atoms with E-state index >= 15 is 0 Å². The van der Waals surface area contributed by atoms with Gasteiger partial charge in [0.1, 0.15) is 5.82 Å². The van der Waals surface area contributed by atoms with Crippen molar-refractivity contribution in [1.82, 2.24) is 9.62 Å². The standard InChI is InChI=1S/C23H24FN3O5S/c1-27(33(30,31)20-12-8-18(24)9-13-20)14-2-5-22(28)25-16-17-6-10-19(11-7-17)26-23(29)21-4-3-15-32-21/h3-4,6-13,15H,2,5,14,16H2,1H3,(H,25,28)(H,26,29). The maximum Gasteiger partial charge on any atom is 0.291 e. The number of carbonyl (C=O) groups is 2. The molecule has 0 atom stereocenters. The fourth-order valence-corrected chi connectivity index (χ4v) is 4.17. The number of anilines is 1. The molecule has 1 aromatic heterocycles. The molecule has 0 aliphatic heterocycles. The molecule has 174 valence electrons. The molecule has 0 aliphatic rings. The molecule has 8 nitrogen and oxygen atoms in total. The molecule has 0 bridgehead atoms. The Balaban J connectivity index is 1.40. The lowest BCUT2D eigenvalue weighted by Crippen LogP contribution is -2.29. The number of amides is 2. The summed E-state index contributed by atoms with van der Waals surface area (Å²) in [6.07, 6.45) is 1.91. The summed E-state index contributed by atoms with van der Waals surface area (Å²) in [5, 5.41) is 5.49. The summed E-state index contributed by atoms with van der Waals surface area (Å²) >= 11 is 0. The first-order chi connectivity index (χ1) is 15.8. The van der Waals surface area contributed by atoms with Gasteiger partial charge in [0.2, 0.25) is 15.9 Å². The number of benzene rings is 2. The van der Waals surface area contributed by atoms with E-state index in [0.717, 1.165) is 22.0 Å². The van der Waals surface area contributed by atoms with Crippen LogP contribution in [0.3, 0.4) is 0 Å². The quantitative estimate of drug-likeness (QED) is 0.469. The van der Waals surface area contributed by atoms with Crippen LogP contribution >= 0.6 is 0 Å². The van der Waals surface area contributed by atoms with Crippen molar-refractivity contribution in [3.8, 4) is 0 Å². The highest BCUT2D eigenvalue weighted by Crippen LogP contribution is 2.15. The minimum atomic E-state index is -3.74. The Hall–Kier alpha value is -3.50. The van der Waals surface area contributed by atoms with E-state index in [1.54, 1.807) is 36.4 Å². The lowest BCUT2D eigenvalue weighted by Gasteiger charge is -2.17. The number of rotatable bonds is 10. The predicted molar refractivity (Wildman–Crippen MR) is 120 cm³/mol. The van der Waals surface area contributed by atoms with E-state index in [-0.39, 0.29) is 35.4 Å². The van der Waals surface area contributed by atoms with Crippen molar-refractivity contribution in [3.63, 3.8) is 0 Å². The molecule has 2 aromatic carbocycles. The minimum Gasteiger partial charge on any atom is -0.459 e. The highest BCUT2D eigenvalue weighted by Gasteiger charge is 2.20. The maximum absolute atomic E-state index is 13.0. The Morgan fingerprint density at radius 2 is 1.73 bits per heavy atom. The molecular formula is C23H24FN3O5S. The average molecular weight is 474 g/mol. The number of hydrogen-bond donors (Lipinski definition) is 2. The fourth-order valence-electron chi connectivity index (χ4n) is 2.96. The van der Waals surface area contributed by atoms with Crippen molar-refractivity contribution in [2.24, 2.45) is 0 Å². The molecule has 0 fully saturated rings.